The van der Waals surface area contributed by atoms with E-state index in [1.165, 1.54) is 36.3 Å². The number of esters is 1. The summed E-state index contributed by atoms with van der Waals surface area (Å²) in [6, 6.07) is 3.92. The van der Waals surface area contributed by atoms with Gasteiger partial charge in [-0.2, -0.15) is 0 Å². The average Bonchev–Trinajstić information content (AvgIpc) is 2.95. The lowest BCUT2D eigenvalue weighted by Gasteiger charge is -2.06. The van der Waals surface area contributed by atoms with Crippen LogP contribution in [-0.2, 0) is 11.3 Å². The van der Waals surface area contributed by atoms with E-state index in [-0.39, 0.29) is 11.5 Å². The number of nitrogens with zero attached hydrogens (tertiary/aromatic N) is 4. The molecule has 104 valence electrons. The monoisotopic (exact) mass is 278 g/mol. The lowest BCUT2D eigenvalue weighted by molar-refractivity contribution is -0.384. The van der Waals surface area contributed by atoms with Crippen LogP contribution in [0.2, 0.25) is 0 Å². The zero-order chi connectivity index (χ0) is 14.7. The maximum atomic E-state index is 11.3. The van der Waals surface area contributed by atoms with Crippen LogP contribution in [0.3, 0.4) is 0 Å². The fraction of sp³-hybridized carbons (Fsp3) is 0.182. The highest BCUT2D eigenvalue weighted by molar-refractivity contribution is 5.84. The second-order valence-electron chi connectivity index (χ2n) is 3.73. The molecule has 0 amide bonds. The largest absolute Gasteiger partial charge is 0.463 e. The maximum absolute atomic E-state index is 11.3. The Balaban J connectivity index is 2.44. The van der Waals surface area contributed by atoms with Crippen molar-refractivity contribution < 1.29 is 19.6 Å². The fourth-order valence-electron chi connectivity index (χ4n) is 1.60. The van der Waals surface area contributed by atoms with Crippen molar-refractivity contribution in [2.45, 2.75) is 6.61 Å². The number of benzene rings is 1. The molecular weight excluding hydrogens is 268 g/mol. The van der Waals surface area contributed by atoms with Gasteiger partial charge in [-0.1, -0.05) is 0 Å². The van der Waals surface area contributed by atoms with Crippen molar-refractivity contribution in [3.05, 3.63) is 46.0 Å². The standard InChI is InChI=1S/C11H10N4O5/c1-20-11(17)10-12-6-14(13-10)9-3-2-8(15(18)19)4-7(9)5-16/h2-4,6,16H,5H2,1H3. The van der Waals surface area contributed by atoms with Gasteiger partial charge >= 0.3 is 5.97 Å². The molecule has 9 nitrogen and oxygen atoms in total. The van der Waals surface area contributed by atoms with Gasteiger partial charge in [0, 0.05) is 17.7 Å². The van der Waals surface area contributed by atoms with E-state index >= 15 is 0 Å². The fourth-order valence-corrected chi connectivity index (χ4v) is 1.60. The molecule has 0 aliphatic rings. The van der Waals surface area contributed by atoms with Gasteiger partial charge in [0.15, 0.2) is 0 Å². The molecule has 0 atom stereocenters. The Bertz CT molecular complexity index is 667. The number of carbonyl (C=O) groups excluding carboxylic acids is 1. The number of aromatic nitrogens is 3. The summed E-state index contributed by atoms with van der Waals surface area (Å²) in [5.41, 5.74) is 0.535. The first-order valence-electron chi connectivity index (χ1n) is 5.45. The number of nitro groups is 1. The number of aliphatic hydroxyl groups is 1. The molecule has 0 saturated heterocycles. The molecule has 0 spiro atoms. The van der Waals surface area contributed by atoms with Gasteiger partial charge in [-0.25, -0.2) is 14.5 Å². The Labute approximate surface area is 112 Å². The predicted octanol–water partition coefficient (Wildman–Crippen LogP) is 0.454. The highest BCUT2D eigenvalue weighted by atomic mass is 16.6. The van der Waals surface area contributed by atoms with Crippen LogP contribution in [0.5, 0.6) is 0 Å². The Morgan fingerprint density at radius 3 is 2.90 bits per heavy atom. The number of methoxy groups -OCH3 is 1. The molecule has 0 radical (unpaired) electrons. The molecule has 0 fully saturated rings. The molecular formula is C11H10N4O5. The topological polar surface area (TPSA) is 120 Å². The van der Waals surface area contributed by atoms with Crippen LogP contribution in [0, 0.1) is 10.1 Å². The normalized spacial score (nSPS) is 10.3. The molecule has 0 aliphatic heterocycles. The number of carbonyl (C=O) groups is 1. The van der Waals surface area contributed by atoms with Gasteiger partial charge < -0.3 is 9.84 Å². The summed E-state index contributed by atoms with van der Waals surface area (Å²) in [7, 11) is 1.20. The molecule has 1 heterocycles. The molecule has 9 heteroatoms. The molecule has 2 aromatic rings. The number of hydrogen-bond acceptors (Lipinski definition) is 7. The molecule has 1 N–H and O–H groups in total. The van der Waals surface area contributed by atoms with Crippen LogP contribution in [0.15, 0.2) is 24.5 Å². The molecule has 1 aromatic carbocycles. The SMILES string of the molecule is COC(=O)c1ncn(-c2ccc([N+](=O)[O-])cc2CO)n1. The van der Waals surface area contributed by atoms with E-state index in [0.29, 0.717) is 11.3 Å². The first-order valence-corrected chi connectivity index (χ1v) is 5.45. The highest BCUT2D eigenvalue weighted by Gasteiger charge is 2.15. The van der Waals surface area contributed by atoms with Crippen LogP contribution in [0.25, 0.3) is 5.69 Å². The lowest BCUT2D eigenvalue weighted by atomic mass is 10.1. The molecule has 20 heavy (non-hydrogen) atoms. The third kappa shape index (κ3) is 2.47. The zero-order valence-corrected chi connectivity index (χ0v) is 10.4. The molecule has 0 bridgehead atoms. The van der Waals surface area contributed by atoms with E-state index in [2.05, 4.69) is 14.8 Å². The van der Waals surface area contributed by atoms with E-state index < -0.39 is 17.5 Å². The minimum Gasteiger partial charge on any atom is -0.463 e. The zero-order valence-electron chi connectivity index (χ0n) is 10.4. The van der Waals surface area contributed by atoms with Crippen LogP contribution in [0.1, 0.15) is 16.2 Å². The van der Waals surface area contributed by atoms with E-state index in [0.717, 1.165) is 0 Å². The van der Waals surface area contributed by atoms with Gasteiger partial charge in [-0.15, -0.1) is 5.10 Å². The van der Waals surface area contributed by atoms with Crippen molar-refractivity contribution in [2.75, 3.05) is 7.11 Å². The second-order valence-corrected chi connectivity index (χ2v) is 3.73. The number of rotatable bonds is 4. The third-order valence-corrected chi connectivity index (χ3v) is 2.55. The molecule has 2 rings (SSSR count). The summed E-state index contributed by atoms with van der Waals surface area (Å²) in [6.07, 6.45) is 1.26. The molecule has 0 saturated carbocycles. The summed E-state index contributed by atoms with van der Waals surface area (Å²) in [4.78, 5) is 25.1. The first-order chi connectivity index (χ1) is 9.56. The van der Waals surface area contributed by atoms with Crippen molar-refractivity contribution >= 4 is 11.7 Å². The van der Waals surface area contributed by atoms with Gasteiger partial charge in [0.2, 0.25) is 0 Å². The summed E-state index contributed by atoms with van der Waals surface area (Å²) in [5.74, 6) is -0.842. The van der Waals surface area contributed by atoms with Gasteiger partial charge in [0.05, 0.1) is 24.3 Å². The van der Waals surface area contributed by atoms with E-state index in [1.54, 1.807) is 0 Å². The van der Waals surface area contributed by atoms with Crippen molar-refractivity contribution in [2.24, 2.45) is 0 Å². The third-order valence-electron chi connectivity index (χ3n) is 2.55. The number of hydrogen-bond donors (Lipinski definition) is 1. The van der Waals surface area contributed by atoms with Crippen LogP contribution in [0.4, 0.5) is 5.69 Å². The molecule has 1 aromatic heterocycles. The predicted molar refractivity (Wildman–Crippen MR) is 65.3 cm³/mol. The highest BCUT2D eigenvalue weighted by Crippen LogP contribution is 2.20. The summed E-state index contributed by atoms with van der Waals surface area (Å²) >= 11 is 0. The van der Waals surface area contributed by atoms with Crippen molar-refractivity contribution in [3.63, 3.8) is 0 Å². The Hall–Kier alpha value is -2.81. The number of ether oxygens (including phenoxy) is 1. The van der Waals surface area contributed by atoms with Gasteiger partial charge in [-0.3, -0.25) is 10.1 Å². The van der Waals surface area contributed by atoms with E-state index in [4.69, 9.17) is 0 Å². The minimum atomic E-state index is -0.698. The van der Waals surface area contributed by atoms with Crippen LogP contribution >= 0.6 is 0 Å². The molecule has 0 unspecified atom stereocenters. The summed E-state index contributed by atoms with van der Waals surface area (Å²) in [5, 5.41) is 23.8. The quantitative estimate of drug-likeness (QED) is 0.489. The van der Waals surface area contributed by atoms with Gasteiger partial charge in [0.1, 0.15) is 6.33 Å². The smallest absolute Gasteiger partial charge is 0.377 e. The Morgan fingerprint density at radius 2 is 2.30 bits per heavy atom. The lowest BCUT2D eigenvalue weighted by Crippen LogP contribution is -2.06. The Kier molecular flexibility index (Phi) is 3.71. The van der Waals surface area contributed by atoms with E-state index in [1.807, 2.05) is 0 Å². The van der Waals surface area contributed by atoms with Crippen LogP contribution < -0.4 is 0 Å². The molecule has 0 aliphatic carbocycles. The second kappa shape index (κ2) is 5.45. The minimum absolute atomic E-state index is 0.144. The van der Waals surface area contributed by atoms with Gasteiger partial charge in [-0.05, 0) is 6.07 Å². The maximum Gasteiger partial charge on any atom is 0.377 e. The van der Waals surface area contributed by atoms with Gasteiger partial charge in [0.25, 0.3) is 11.5 Å². The first kappa shape index (κ1) is 13.6. The Morgan fingerprint density at radius 1 is 1.55 bits per heavy atom. The summed E-state index contributed by atoms with van der Waals surface area (Å²) in [6.45, 7) is -0.412. The van der Waals surface area contributed by atoms with Crippen molar-refractivity contribution in [1.29, 1.82) is 0 Å². The number of nitro benzene ring substituents is 1. The van der Waals surface area contributed by atoms with Crippen molar-refractivity contribution in [3.8, 4) is 5.69 Å². The van der Waals surface area contributed by atoms with Crippen molar-refractivity contribution in [1.82, 2.24) is 14.8 Å². The van der Waals surface area contributed by atoms with E-state index in [9.17, 15) is 20.0 Å². The van der Waals surface area contributed by atoms with Crippen LogP contribution in [-0.4, -0.2) is 37.9 Å². The average molecular weight is 278 g/mol. The summed E-state index contributed by atoms with van der Waals surface area (Å²) < 4.78 is 5.71. The number of non-ortho nitro benzene ring substituents is 1. The number of aliphatic hydroxyl groups excluding tert-OH is 1.